The third kappa shape index (κ3) is 4.79. The summed E-state index contributed by atoms with van der Waals surface area (Å²) in [6.07, 6.45) is 0. The van der Waals surface area contributed by atoms with E-state index >= 15 is 0 Å². The van der Waals surface area contributed by atoms with Crippen molar-refractivity contribution in [1.82, 2.24) is 0 Å². The molecule has 1 aliphatic rings. The number of benzene rings is 10. The number of hydrogen-bond acceptors (Lipinski definition) is 0. The molecule has 0 spiro atoms. The molecule has 0 fully saturated rings. The highest BCUT2D eigenvalue weighted by Gasteiger charge is 2.37. The summed E-state index contributed by atoms with van der Waals surface area (Å²) in [4.78, 5) is 0. The molecule has 0 atom stereocenters. The first-order chi connectivity index (χ1) is 27.5. The molecule has 0 heteroatoms. The summed E-state index contributed by atoms with van der Waals surface area (Å²) in [5, 5.41) is 10.3. The van der Waals surface area contributed by atoms with Crippen LogP contribution in [0.4, 0.5) is 0 Å². The van der Waals surface area contributed by atoms with E-state index in [1.54, 1.807) is 0 Å². The molecule has 0 N–H and O–H groups in total. The quantitative estimate of drug-likeness (QED) is 0.159. The van der Waals surface area contributed by atoms with Gasteiger partial charge in [0.25, 0.3) is 0 Å². The van der Waals surface area contributed by atoms with E-state index in [2.05, 4.69) is 209 Å². The Kier molecular flexibility index (Phi) is 7.22. The van der Waals surface area contributed by atoms with E-state index in [1.165, 1.54) is 115 Å². The van der Waals surface area contributed by atoms with Crippen LogP contribution in [0, 0.1) is 6.92 Å². The van der Waals surface area contributed by atoms with Gasteiger partial charge in [-0.05, 0) is 135 Å². The molecule has 56 heavy (non-hydrogen) atoms. The van der Waals surface area contributed by atoms with Gasteiger partial charge in [0, 0.05) is 5.41 Å². The Morgan fingerprint density at radius 2 is 0.643 bits per heavy atom. The van der Waals surface area contributed by atoms with Crippen LogP contribution in [0.2, 0.25) is 0 Å². The van der Waals surface area contributed by atoms with Crippen molar-refractivity contribution < 1.29 is 0 Å². The second kappa shape index (κ2) is 12.4. The average Bonchev–Trinajstić information content (AvgIpc) is 3.46. The van der Waals surface area contributed by atoms with Crippen LogP contribution < -0.4 is 0 Å². The van der Waals surface area contributed by atoms with Crippen LogP contribution in [0.5, 0.6) is 0 Å². The smallest absolute Gasteiger partial charge is 0.0159 e. The molecule has 0 saturated carbocycles. The van der Waals surface area contributed by atoms with Crippen LogP contribution >= 0.6 is 0 Å². The molecule has 11 rings (SSSR count). The molecule has 10 aromatic rings. The van der Waals surface area contributed by atoms with E-state index in [-0.39, 0.29) is 5.41 Å². The van der Waals surface area contributed by atoms with Crippen molar-refractivity contribution in [1.29, 1.82) is 0 Å². The van der Waals surface area contributed by atoms with Gasteiger partial charge in [-0.25, -0.2) is 0 Å². The van der Waals surface area contributed by atoms with Gasteiger partial charge in [0.05, 0.1) is 0 Å². The Morgan fingerprint density at radius 1 is 0.286 bits per heavy atom. The predicted molar refractivity (Wildman–Crippen MR) is 241 cm³/mol. The van der Waals surface area contributed by atoms with Crippen LogP contribution in [0.15, 0.2) is 188 Å². The van der Waals surface area contributed by atoms with Crippen LogP contribution in [-0.4, -0.2) is 0 Å². The van der Waals surface area contributed by atoms with Crippen molar-refractivity contribution in [3.63, 3.8) is 0 Å². The van der Waals surface area contributed by atoms with E-state index < -0.39 is 0 Å². The van der Waals surface area contributed by atoms with Gasteiger partial charge in [0.2, 0.25) is 0 Å². The van der Waals surface area contributed by atoms with Gasteiger partial charge in [0.1, 0.15) is 0 Å². The zero-order valence-electron chi connectivity index (χ0n) is 31.9. The predicted octanol–water partition coefficient (Wildman–Crippen LogP) is 15.6. The maximum absolute atomic E-state index is 2.53. The van der Waals surface area contributed by atoms with Crippen molar-refractivity contribution in [2.24, 2.45) is 0 Å². The Morgan fingerprint density at radius 3 is 1.12 bits per heavy atom. The lowest BCUT2D eigenvalue weighted by Gasteiger charge is -2.24. The highest BCUT2D eigenvalue weighted by molar-refractivity contribution is 6.23. The molecule has 0 aromatic heterocycles. The molecular weight excluding hydrogens is 673 g/mol. The molecule has 1 aliphatic carbocycles. The molecule has 0 amide bonds. The van der Waals surface area contributed by atoms with Gasteiger partial charge in [-0.2, -0.15) is 0 Å². The van der Waals surface area contributed by atoms with Gasteiger partial charge in [0.15, 0.2) is 0 Å². The fourth-order valence-electron chi connectivity index (χ4n) is 9.86. The number of hydrogen-bond donors (Lipinski definition) is 0. The lowest BCUT2D eigenvalue weighted by molar-refractivity contribution is 0.661. The summed E-state index contributed by atoms with van der Waals surface area (Å²) in [6.45, 7) is 7.00. The molecule has 0 nitrogen and oxygen atoms in total. The van der Waals surface area contributed by atoms with Crippen molar-refractivity contribution in [3.05, 3.63) is 205 Å². The minimum Gasteiger partial charge on any atom is -0.0622 e. The number of fused-ring (bicyclic) bond motifs is 7. The zero-order valence-corrected chi connectivity index (χ0v) is 31.9. The molecule has 0 bridgehead atoms. The molecule has 0 aliphatic heterocycles. The number of rotatable bonds is 4. The number of aryl methyl sites for hydroxylation is 1. The van der Waals surface area contributed by atoms with Crippen LogP contribution in [0.3, 0.4) is 0 Å². The second-order valence-corrected chi connectivity index (χ2v) is 16.1. The van der Waals surface area contributed by atoms with Crippen LogP contribution in [-0.2, 0) is 5.41 Å². The molecule has 10 aromatic carbocycles. The van der Waals surface area contributed by atoms with Crippen LogP contribution in [0.25, 0.3) is 98.7 Å². The largest absolute Gasteiger partial charge is 0.0622 e. The van der Waals surface area contributed by atoms with Crippen molar-refractivity contribution in [2.45, 2.75) is 26.2 Å². The third-order valence-electron chi connectivity index (χ3n) is 12.5. The third-order valence-corrected chi connectivity index (χ3v) is 12.5. The van der Waals surface area contributed by atoms with Crippen molar-refractivity contribution in [3.8, 4) is 55.6 Å². The maximum atomic E-state index is 2.53. The maximum Gasteiger partial charge on any atom is 0.0159 e. The van der Waals surface area contributed by atoms with E-state index in [0.717, 1.165) is 0 Å². The normalized spacial score (nSPS) is 13.1. The second-order valence-electron chi connectivity index (χ2n) is 16.1. The Balaban J connectivity index is 1.19. The van der Waals surface area contributed by atoms with Gasteiger partial charge in [-0.1, -0.05) is 189 Å². The molecule has 264 valence electrons. The molecule has 0 unspecified atom stereocenters. The monoisotopic (exact) mass is 712 g/mol. The summed E-state index contributed by atoms with van der Waals surface area (Å²) in [7, 11) is 0. The van der Waals surface area contributed by atoms with Gasteiger partial charge < -0.3 is 0 Å². The van der Waals surface area contributed by atoms with E-state index in [1.807, 2.05) is 0 Å². The summed E-state index contributed by atoms with van der Waals surface area (Å²) in [5.41, 5.74) is 16.7. The molecule has 0 saturated heterocycles. The van der Waals surface area contributed by atoms with Crippen molar-refractivity contribution in [2.75, 3.05) is 0 Å². The fourth-order valence-corrected chi connectivity index (χ4v) is 9.86. The first-order valence-electron chi connectivity index (χ1n) is 19.8. The SMILES string of the molecule is Cc1ccc(-c2c3ccccc3c(-c3ccc4c(c3)C(C)(C)c3cc5c(-c6ccccc6)c6ccccc6c(-c6ccccc6)c5cc3-4)c3ccccc23)cc1. The van der Waals surface area contributed by atoms with E-state index in [9.17, 15) is 0 Å². The highest BCUT2D eigenvalue weighted by Crippen LogP contribution is 2.54. The van der Waals surface area contributed by atoms with Crippen LogP contribution in [0.1, 0.15) is 30.5 Å². The minimum absolute atomic E-state index is 0.213. The van der Waals surface area contributed by atoms with E-state index in [4.69, 9.17) is 0 Å². The lowest BCUT2D eigenvalue weighted by atomic mass is 9.79. The standard InChI is InChI=1S/C56H40/c1-35-26-28-38(29-27-35)52-41-20-10-14-24-45(41)55(46-25-15-11-21-42(46)52)39-30-31-40-47-33-48-49(34-51(47)56(2,3)50(40)32-39)54(37-18-8-5-9-19-37)44-23-13-12-22-43(44)53(48)36-16-6-4-7-17-36/h4-34H,1-3H3. The fraction of sp³-hybridized carbons (Fsp3) is 0.0714. The highest BCUT2D eigenvalue weighted by atomic mass is 14.4. The topological polar surface area (TPSA) is 0 Å². The summed E-state index contributed by atoms with van der Waals surface area (Å²) < 4.78 is 0. The zero-order chi connectivity index (χ0) is 37.5. The van der Waals surface area contributed by atoms with Gasteiger partial charge in [-0.15, -0.1) is 0 Å². The Bertz CT molecular complexity index is 3130. The minimum atomic E-state index is -0.213. The Hall–Kier alpha value is -6.76. The summed E-state index contributed by atoms with van der Waals surface area (Å²) >= 11 is 0. The summed E-state index contributed by atoms with van der Waals surface area (Å²) in [5.74, 6) is 0. The molecular formula is C56H40. The van der Waals surface area contributed by atoms with Gasteiger partial charge >= 0.3 is 0 Å². The summed E-state index contributed by atoms with van der Waals surface area (Å²) in [6, 6.07) is 70.2. The lowest BCUT2D eigenvalue weighted by Crippen LogP contribution is -2.15. The first kappa shape index (κ1) is 32.7. The van der Waals surface area contributed by atoms with Gasteiger partial charge in [-0.3, -0.25) is 0 Å². The Labute approximate surface area is 328 Å². The first-order valence-corrected chi connectivity index (χ1v) is 19.8. The van der Waals surface area contributed by atoms with Crippen molar-refractivity contribution >= 4 is 43.1 Å². The van der Waals surface area contributed by atoms with E-state index in [0.29, 0.717) is 0 Å². The average molecular weight is 713 g/mol. The molecule has 0 heterocycles. The molecule has 0 radical (unpaired) electrons.